The van der Waals surface area contributed by atoms with Crippen LogP contribution in [-0.4, -0.2) is 41.2 Å². The van der Waals surface area contributed by atoms with Gasteiger partial charge in [0.25, 0.3) is 11.5 Å². The van der Waals surface area contributed by atoms with Crippen molar-refractivity contribution in [3.8, 4) is 11.5 Å². The number of benzene rings is 3. The van der Waals surface area contributed by atoms with E-state index in [1.807, 2.05) is 39.0 Å². The number of nitrogens with one attached hydrogen (secondary N) is 2. The van der Waals surface area contributed by atoms with Gasteiger partial charge in [0, 0.05) is 23.4 Å². The Balaban J connectivity index is 1.78. The van der Waals surface area contributed by atoms with Crippen molar-refractivity contribution in [2.45, 2.75) is 39.9 Å². The number of amides is 2. The zero-order valence-electron chi connectivity index (χ0n) is 23.1. The van der Waals surface area contributed by atoms with Gasteiger partial charge in [-0.3, -0.25) is 23.5 Å². The van der Waals surface area contributed by atoms with Gasteiger partial charge in [-0.1, -0.05) is 24.3 Å². The molecule has 0 unspecified atom stereocenters. The van der Waals surface area contributed by atoms with Crippen LogP contribution in [0.5, 0.6) is 11.5 Å². The molecule has 0 saturated carbocycles. The van der Waals surface area contributed by atoms with Crippen LogP contribution in [0.25, 0.3) is 10.9 Å². The third-order valence-corrected chi connectivity index (χ3v) is 6.31. The Labute approximate surface area is 231 Å². The predicted molar refractivity (Wildman–Crippen MR) is 154 cm³/mol. The zero-order valence-corrected chi connectivity index (χ0v) is 23.1. The monoisotopic (exact) mass is 544 g/mol. The van der Waals surface area contributed by atoms with Gasteiger partial charge in [0.05, 0.1) is 31.7 Å². The molecule has 0 aliphatic carbocycles. The predicted octanol–water partition coefficient (Wildman–Crippen LogP) is 3.31. The second-order valence-corrected chi connectivity index (χ2v) is 9.73. The van der Waals surface area contributed by atoms with Gasteiger partial charge in [-0.05, 0) is 62.2 Å². The second-order valence-electron chi connectivity index (χ2n) is 9.73. The third kappa shape index (κ3) is 6.06. The molecule has 0 atom stereocenters. The number of nitrogens with zero attached hydrogens (tertiary/aromatic N) is 2. The Morgan fingerprint density at radius 1 is 0.900 bits per heavy atom. The van der Waals surface area contributed by atoms with Gasteiger partial charge >= 0.3 is 5.69 Å². The maximum absolute atomic E-state index is 13.7. The molecule has 0 fully saturated rings. The number of methoxy groups -OCH3 is 2. The van der Waals surface area contributed by atoms with Gasteiger partial charge in [-0.2, -0.15) is 0 Å². The van der Waals surface area contributed by atoms with Gasteiger partial charge in [0.15, 0.2) is 11.5 Å². The van der Waals surface area contributed by atoms with Crippen LogP contribution in [0.4, 0.5) is 5.69 Å². The van der Waals surface area contributed by atoms with E-state index in [4.69, 9.17) is 9.47 Å². The van der Waals surface area contributed by atoms with E-state index in [1.54, 1.807) is 30.3 Å². The van der Waals surface area contributed by atoms with E-state index < -0.39 is 17.2 Å². The van der Waals surface area contributed by atoms with E-state index in [1.165, 1.54) is 30.9 Å². The Kier molecular flexibility index (Phi) is 8.37. The SMILES string of the molecule is COc1cc2c(=O)n(Cc3ccc(C(=O)NC(C)C)cc3)c(=O)n(CC(=O)Nc3cccc(C)c3)c2cc1OC. The highest BCUT2D eigenvalue weighted by atomic mass is 16.5. The molecule has 0 radical (unpaired) electrons. The van der Waals surface area contributed by atoms with Crippen LogP contribution in [0, 0.1) is 6.92 Å². The summed E-state index contributed by atoms with van der Waals surface area (Å²) in [6.45, 7) is 5.25. The fraction of sp³-hybridized carbons (Fsp3) is 0.267. The minimum atomic E-state index is -0.661. The van der Waals surface area contributed by atoms with Crippen molar-refractivity contribution in [2.24, 2.45) is 0 Å². The molecule has 0 aliphatic heterocycles. The number of aromatic nitrogens is 2. The van der Waals surface area contributed by atoms with E-state index in [0.29, 0.717) is 28.3 Å². The maximum Gasteiger partial charge on any atom is 0.332 e. The molecule has 208 valence electrons. The normalized spacial score (nSPS) is 10.9. The first-order valence-electron chi connectivity index (χ1n) is 12.8. The molecule has 2 amide bonds. The van der Waals surface area contributed by atoms with Crippen LogP contribution in [0.15, 0.2) is 70.3 Å². The van der Waals surface area contributed by atoms with Crippen LogP contribution in [0.1, 0.15) is 35.3 Å². The van der Waals surface area contributed by atoms with E-state index in [-0.39, 0.29) is 35.9 Å². The molecule has 0 saturated heterocycles. The van der Waals surface area contributed by atoms with Crippen molar-refractivity contribution in [1.29, 1.82) is 0 Å². The number of fused-ring (bicyclic) bond motifs is 1. The number of hydrogen-bond donors (Lipinski definition) is 2. The summed E-state index contributed by atoms with van der Waals surface area (Å²) in [6.07, 6.45) is 0. The number of rotatable bonds is 9. The number of aryl methyl sites for hydroxylation is 1. The Bertz CT molecular complexity index is 1690. The van der Waals surface area contributed by atoms with Crippen molar-refractivity contribution in [2.75, 3.05) is 19.5 Å². The van der Waals surface area contributed by atoms with E-state index in [0.717, 1.165) is 10.1 Å². The summed E-state index contributed by atoms with van der Waals surface area (Å²) >= 11 is 0. The lowest BCUT2D eigenvalue weighted by atomic mass is 10.1. The van der Waals surface area contributed by atoms with Crippen LogP contribution in [0.3, 0.4) is 0 Å². The summed E-state index contributed by atoms with van der Waals surface area (Å²) in [7, 11) is 2.90. The molecule has 40 heavy (non-hydrogen) atoms. The van der Waals surface area contributed by atoms with Crippen molar-refractivity contribution >= 4 is 28.4 Å². The summed E-state index contributed by atoms with van der Waals surface area (Å²) in [4.78, 5) is 52.6. The quantitative estimate of drug-likeness (QED) is 0.334. The lowest BCUT2D eigenvalue weighted by Crippen LogP contribution is -2.42. The summed E-state index contributed by atoms with van der Waals surface area (Å²) in [5.41, 5.74) is 1.70. The summed E-state index contributed by atoms with van der Waals surface area (Å²) in [5.74, 6) is -0.0230. The fourth-order valence-electron chi connectivity index (χ4n) is 4.39. The standard InChI is InChI=1S/C30H32N4O6/c1-18(2)31-28(36)21-11-9-20(10-12-21)16-34-29(37)23-14-25(39-4)26(40-5)15-24(23)33(30(34)38)17-27(35)32-22-8-6-7-19(3)13-22/h6-15,18H,16-17H2,1-5H3,(H,31,36)(H,32,35). The molecule has 2 N–H and O–H groups in total. The molecule has 4 rings (SSSR count). The number of anilines is 1. The first-order valence-corrected chi connectivity index (χ1v) is 12.8. The van der Waals surface area contributed by atoms with E-state index in [9.17, 15) is 19.2 Å². The van der Waals surface area contributed by atoms with Gasteiger partial charge in [0.2, 0.25) is 5.91 Å². The lowest BCUT2D eigenvalue weighted by Gasteiger charge is -2.17. The summed E-state index contributed by atoms with van der Waals surface area (Å²) in [6, 6.07) is 17.0. The topological polar surface area (TPSA) is 121 Å². The molecule has 4 aromatic rings. The Morgan fingerprint density at radius 3 is 2.20 bits per heavy atom. The molecule has 1 aromatic heterocycles. The molecule has 10 heteroatoms. The molecule has 1 heterocycles. The largest absolute Gasteiger partial charge is 0.493 e. The Morgan fingerprint density at radius 2 is 1.57 bits per heavy atom. The van der Waals surface area contributed by atoms with Crippen LogP contribution in [-0.2, 0) is 17.9 Å². The average molecular weight is 545 g/mol. The second kappa shape index (κ2) is 11.9. The number of carbonyl (C=O) groups is 2. The van der Waals surface area contributed by atoms with Gasteiger partial charge in [0.1, 0.15) is 6.54 Å². The average Bonchev–Trinajstić information content (AvgIpc) is 2.92. The van der Waals surface area contributed by atoms with Crippen molar-refractivity contribution in [1.82, 2.24) is 14.5 Å². The highest BCUT2D eigenvalue weighted by molar-refractivity contribution is 5.94. The van der Waals surface area contributed by atoms with Crippen molar-refractivity contribution in [3.63, 3.8) is 0 Å². The lowest BCUT2D eigenvalue weighted by molar-refractivity contribution is -0.116. The first kappa shape index (κ1) is 28.2. The molecule has 0 spiro atoms. The first-order chi connectivity index (χ1) is 19.1. The number of ether oxygens (including phenoxy) is 2. The summed E-state index contributed by atoms with van der Waals surface area (Å²) in [5, 5.41) is 5.82. The molecular weight excluding hydrogens is 512 g/mol. The highest BCUT2D eigenvalue weighted by Crippen LogP contribution is 2.30. The highest BCUT2D eigenvalue weighted by Gasteiger charge is 2.19. The van der Waals surface area contributed by atoms with Crippen LogP contribution < -0.4 is 31.4 Å². The van der Waals surface area contributed by atoms with E-state index >= 15 is 0 Å². The molecule has 0 aliphatic rings. The van der Waals surface area contributed by atoms with Gasteiger partial charge in [-0.15, -0.1) is 0 Å². The van der Waals surface area contributed by atoms with Crippen molar-refractivity contribution < 1.29 is 19.1 Å². The molecule has 3 aromatic carbocycles. The van der Waals surface area contributed by atoms with E-state index in [2.05, 4.69) is 10.6 Å². The third-order valence-electron chi connectivity index (χ3n) is 6.31. The Hall–Kier alpha value is -4.86. The number of hydrogen-bond acceptors (Lipinski definition) is 6. The summed E-state index contributed by atoms with van der Waals surface area (Å²) < 4.78 is 13.1. The van der Waals surface area contributed by atoms with Gasteiger partial charge in [-0.25, -0.2) is 4.79 Å². The van der Waals surface area contributed by atoms with Crippen molar-refractivity contribution in [3.05, 3.63) is 98.2 Å². The maximum atomic E-state index is 13.7. The minimum Gasteiger partial charge on any atom is -0.493 e. The zero-order chi connectivity index (χ0) is 29.0. The number of carbonyl (C=O) groups excluding carboxylic acids is 2. The smallest absolute Gasteiger partial charge is 0.332 e. The van der Waals surface area contributed by atoms with Crippen LogP contribution in [0.2, 0.25) is 0 Å². The minimum absolute atomic E-state index is 0.0134. The molecule has 0 bridgehead atoms. The van der Waals surface area contributed by atoms with Crippen LogP contribution >= 0.6 is 0 Å². The van der Waals surface area contributed by atoms with Gasteiger partial charge < -0.3 is 20.1 Å². The fourth-order valence-corrected chi connectivity index (χ4v) is 4.39. The molecular formula is C30H32N4O6. The molecule has 10 nitrogen and oxygen atoms in total.